The van der Waals surface area contributed by atoms with Crippen molar-refractivity contribution in [3.8, 4) is 5.75 Å². The van der Waals surface area contributed by atoms with Crippen LogP contribution in [0, 0.1) is 0 Å². The maximum absolute atomic E-state index is 9.91. The Morgan fingerprint density at radius 2 is 2.14 bits per heavy atom. The average Bonchev–Trinajstić information content (AvgIpc) is 2.18. The number of methoxy groups -OCH3 is 1. The highest BCUT2D eigenvalue weighted by Gasteiger charge is 2.06. The van der Waals surface area contributed by atoms with Crippen molar-refractivity contribution >= 4 is 29.3 Å². The first-order valence-electron chi connectivity index (χ1n) is 3.74. The number of ether oxygens (including phenoxy) is 1. The summed E-state index contributed by atoms with van der Waals surface area (Å²) in [6.45, 7) is 0.173. The van der Waals surface area contributed by atoms with Gasteiger partial charge in [0, 0.05) is 11.1 Å². The molecule has 0 saturated heterocycles. The molecule has 0 spiro atoms. The molecule has 0 saturated carbocycles. The second-order valence-electron chi connectivity index (χ2n) is 2.49. The van der Waals surface area contributed by atoms with Crippen LogP contribution in [0.4, 0.5) is 0 Å². The van der Waals surface area contributed by atoms with Crippen molar-refractivity contribution in [3.63, 3.8) is 0 Å². The van der Waals surface area contributed by atoms with E-state index in [2.05, 4.69) is 4.99 Å². The number of benzene rings is 1. The highest BCUT2D eigenvalue weighted by molar-refractivity contribution is 6.34. The summed E-state index contributed by atoms with van der Waals surface area (Å²) in [5.74, 6) is 0.496. The Bertz CT molecular complexity index is 387. The minimum Gasteiger partial charge on any atom is -0.495 e. The zero-order chi connectivity index (χ0) is 10.6. The molecule has 0 amide bonds. The summed E-state index contributed by atoms with van der Waals surface area (Å²) < 4.78 is 4.96. The van der Waals surface area contributed by atoms with E-state index < -0.39 is 0 Å². The van der Waals surface area contributed by atoms with E-state index in [4.69, 9.17) is 27.9 Å². The van der Waals surface area contributed by atoms with E-state index >= 15 is 0 Å². The Labute approximate surface area is 91.3 Å². The third-order valence-electron chi connectivity index (χ3n) is 1.63. The van der Waals surface area contributed by atoms with E-state index in [0.29, 0.717) is 21.4 Å². The minimum atomic E-state index is 0.173. The van der Waals surface area contributed by atoms with Crippen molar-refractivity contribution in [2.45, 2.75) is 6.54 Å². The van der Waals surface area contributed by atoms with Crippen LogP contribution < -0.4 is 4.74 Å². The monoisotopic (exact) mass is 231 g/mol. The first-order chi connectivity index (χ1) is 6.69. The van der Waals surface area contributed by atoms with E-state index in [1.807, 2.05) is 0 Å². The second kappa shape index (κ2) is 5.01. The Morgan fingerprint density at radius 1 is 1.43 bits per heavy atom. The van der Waals surface area contributed by atoms with Gasteiger partial charge in [-0.2, -0.15) is 0 Å². The van der Waals surface area contributed by atoms with Crippen molar-refractivity contribution < 1.29 is 9.53 Å². The van der Waals surface area contributed by atoms with Gasteiger partial charge in [-0.3, -0.25) is 0 Å². The third-order valence-corrected chi connectivity index (χ3v) is 2.28. The molecule has 0 aliphatic rings. The van der Waals surface area contributed by atoms with E-state index in [9.17, 15) is 4.79 Å². The maximum atomic E-state index is 9.91. The van der Waals surface area contributed by atoms with Gasteiger partial charge in [-0.15, -0.1) is 0 Å². The van der Waals surface area contributed by atoms with Gasteiger partial charge in [0.15, 0.2) is 0 Å². The molecular formula is C9H7Cl2NO2. The van der Waals surface area contributed by atoms with Crippen LogP contribution in [0.5, 0.6) is 5.75 Å². The number of aliphatic imine (C=N–C) groups is 1. The zero-order valence-electron chi connectivity index (χ0n) is 7.38. The second-order valence-corrected chi connectivity index (χ2v) is 3.30. The van der Waals surface area contributed by atoms with Crippen molar-refractivity contribution in [3.05, 3.63) is 27.7 Å². The van der Waals surface area contributed by atoms with Crippen LogP contribution in [0.15, 0.2) is 17.1 Å². The van der Waals surface area contributed by atoms with Gasteiger partial charge in [-0.1, -0.05) is 23.2 Å². The maximum Gasteiger partial charge on any atom is 0.235 e. The lowest BCUT2D eigenvalue weighted by Crippen LogP contribution is -1.88. The van der Waals surface area contributed by atoms with Crippen LogP contribution in [0.2, 0.25) is 10.0 Å². The molecule has 0 heterocycles. The molecular weight excluding hydrogens is 225 g/mol. The van der Waals surface area contributed by atoms with Crippen molar-refractivity contribution in [2.24, 2.45) is 4.99 Å². The molecule has 1 rings (SSSR count). The van der Waals surface area contributed by atoms with Crippen molar-refractivity contribution in [1.82, 2.24) is 0 Å². The summed E-state index contributed by atoms with van der Waals surface area (Å²) in [5.41, 5.74) is 0.667. The van der Waals surface area contributed by atoms with Gasteiger partial charge in [-0.05, 0) is 11.6 Å². The van der Waals surface area contributed by atoms with Crippen LogP contribution in [0.25, 0.3) is 0 Å². The predicted octanol–water partition coefficient (Wildman–Crippen LogP) is 2.84. The summed E-state index contributed by atoms with van der Waals surface area (Å²) in [7, 11) is 1.50. The number of nitrogens with zero attached hydrogens (tertiary/aromatic N) is 1. The molecule has 0 atom stereocenters. The van der Waals surface area contributed by atoms with Gasteiger partial charge < -0.3 is 4.74 Å². The largest absolute Gasteiger partial charge is 0.495 e. The van der Waals surface area contributed by atoms with Crippen LogP contribution >= 0.6 is 23.2 Å². The van der Waals surface area contributed by atoms with E-state index in [1.165, 1.54) is 13.2 Å². The fourth-order valence-electron chi connectivity index (χ4n) is 0.965. The lowest BCUT2D eigenvalue weighted by Gasteiger charge is -2.06. The van der Waals surface area contributed by atoms with Gasteiger partial charge in [-0.25, -0.2) is 9.79 Å². The number of isocyanates is 1. The molecule has 0 aliphatic carbocycles. The molecule has 14 heavy (non-hydrogen) atoms. The first kappa shape index (κ1) is 11.1. The molecule has 1 aromatic rings. The summed E-state index contributed by atoms with van der Waals surface area (Å²) in [6, 6.07) is 3.20. The molecule has 0 fully saturated rings. The molecule has 0 unspecified atom stereocenters. The van der Waals surface area contributed by atoms with Gasteiger partial charge in [0.05, 0.1) is 18.7 Å². The quantitative estimate of drug-likeness (QED) is 0.593. The molecule has 1 aromatic carbocycles. The summed E-state index contributed by atoms with van der Waals surface area (Å²) in [5, 5.41) is 0.901. The predicted molar refractivity (Wildman–Crippen MR) is 54.8 cm³/mol. The first-order valence-corrected chi connectivity index (χ1v) is 4.50. The topological polar surface area (TPSA) is 38.7 Å². The van der Waals surface area contributed by atoms with Crippen molar-refractivity contribution in [2.75, 3.05) is 7.11 Å². The fourth-order valence-corrected chi connectivity index (χ4v) is 1.44. The molecule has 0 aliphatic heterocycles. The SMILES string of the molecule is COc1cc(Cl)c(CN=C=O)cc1Cl. The average molecular weight is 232 g/mol. The lowest BCUT2D eigenvalue weighted by molar-refractivity contribution is 0.415. The van der Waals surface area contributed by atoms with E-state index in [0.717, 1.165) is 0 Å². The molecule has 0 bridgehead atoms. The Balaban J connectivity index is 3.08. The summed E-state index contributed by atoms with van der Waals surface area (Å²) in [4.78, 5) is 13.3. The van der Waals surface area contributed by atoms with Gasteiger partial charge in [0.2, 0.25) is 6.08 Å². The zero-order valence-corrected chi connectivity index (χ0v) is 8.89. The smallest absolute Gasteiger partial charge is 0.235 e. The molecule has 5 heteroatoms. The fraction of sp³-hybridized carbons (Fsp3) is 0.222. The highest BCUT2D eigenvalue weighted by atomic mass is 35.5. The minimum absolute atomic E-state index is 0.173. The number of hydrogen-bond donors (Lipinski definition) is 0. The molecule has 0 aromatic heterocycles. The molecule has 3 nitrogen and oxygen atoms in total. The van der Waals surface area contributed by atoms with E-state index in [1.54, 1.807) is 12.1 Å². The molecule has 0 radical (unpaired) electrons. The Morgan fingerprint density at radius 3 is 2.71 bits per heavy atom. The number of halogens is 2. The molecule has 0 N–H and O–H groups in total. The summed E-state index contributed by atoms with van der Waals surface area (Å²) in [6.07, 6.45) is 1.43. The van der Waals surface area contributed by atoms with Crippen LogP contribution in [-0.4, -0.2) is 13.2 Å². The number of hydrogen-bond acceptors (Lipinski definition) is 3. The van der Waals surface area contributed by atoms with E-state index in [-0.39, 0.29) is 6.54 Å². The van der Waals surface area contributed by atoms with Crippen LogP contribution in [-0.2, 0) is 11.3 Å². The molecule has 74 valence electrons. The highest BCUT2D eigenvalue weighted by Crippen LogP contribution is 2.31. The Kier molecular flexibility index (Phi) is 3.96. The number of carbonyl (C=O) groups excluding carboxylic acids is 1. The van der Waals surface area contributed by atoms with Gasteiger partial charge in [0.25, 0.3) is 0 Å². The van der Waals surface area contributed by atoms with Gasteiger partial charge >= 0.3 is 0 Å². The third kappa shape index (κ3) is 2.48. The Hall–Kier alpha value is -1.02. The lowest BCUT2D eigenvalue weighted by atomic mass is 10.2. The van der Waals surface area contributed by atoms with Crippen LogP contribution in [0.3, 0.4) is 0 Å². The van der Waals surface area contributed by atoms with Crippen LogP contribution in [0.1, 0.15) is 5.56 Å². The number of rotatable bonds is 3. The van der Waals surface area contributed by atoms with Crippen molar-refractivity contribution in [1.29, 1.82) is 0 Å². The normalized spacial score (nSPS) is 9.36. The standard InChI is InChI=1S/C9H7Cl2NO2/c1-14-9-3-7(10)6(2-8(9)11)4-12-5-13/h2-3H,4H2,1H3. The summed E-state index contributed by atoms with van der Waals surface area (Å²) >= 11 is 11.7. The van der Waals surface area contributed by atoms with Gasteiger partial charge in [0.1, 0.15) is 5.75 Å².